The lowest BCUT2D eigenvalue weighted by Crippen LogP contribution is -2.46. The fraction of sp³-hybridized carbons (Fsp3) is 0.300. The number of thioether (sulfide) groups is 1. The molecule has 2 heterocycles. The third-order valence-corrected chi connectivity index (χ3v) is 5.66. The van der Waals surface area contributed by atoms with Gasteiger partial charge < -0.3 is 9.84 Å². The molecule has 1 aliphatic rings. The van der Waals surface area contributed by atoms with Gasteiger partial charge in [0.25, 0.3) is 0 Å². The van der Waals surface area contributed by atoms with Crippen molar-refractivity contribution in [1.29, 1.82) is 0 Å². The van der Waals surface area contributed by atoms with Crippen LogP contribution in [0.2, 0.25) is 0 Å². The van der Waals surface area contributed by atoms with Crippen LogP contribution >= 0.6 is 11.8 Å². The Morgan fingerprint density at radius 3 is 2.79 bits per heavy atom. The van der Waals surface area contributed by atoms with Gasteiger partial charge in [0.15, 0.2) is 12.0 Å². The first-order valence-corrected chi connectivity index (χ1v) is 9.78. The molecule has 3 atom stereocenters. The molecule has 3 unspecified atom stereocenters. The molecule has 0 spiro atoms. The molecule has 0 saturated carbocycles. The molecular formula is C20H20N2O5S. The van der Waals surface area contributed by atoms with Crippen molar-refractivity contribution in [3.05, 3.63) is 65.5 Å². The van der Waals surface area contributed by atoms with Gasteiger partial charge in [-0.05, 0) is 23.3 Å². The zero-order valence-electron chi connectivity index (χ0n) is 15.2. The molecule has 0 radical (unpaired) electrons. The van der Waals surface area contributed by atoms with E-state index in [-0.39, 0.29) is 10.9 Å². The Balaban J connectivity index is 1.69. The minimum absolute atomic E-state index is 0.113. The number of aromatic nitrogens is 1. The first-order valence-electron chi connectivity index (χ1n) is 8.80. The van der Waals surface area contributed by atoms with E-state index in [1.807, 2.05) is 24.3 Å². The highest BCUT2D eigenvalue weighted by Crippen LogP contribution is 2.29. The number of nitrogens with one attached hydrogen (secondary N) is 1. The number of hydrogen-bond donors (Lipinski definition) is 2. The number of carbonyl (C=O) groups excluding carboxylic acids is 2. The van der Waals surface area contributed by atoms with E-state index < -0.39 is 24.3 Å². The van der Waals surface area contributed by atoms with E-state index in [9.17, 15) is 14.4 Å². The van der Waals surface area contributed by atoms with Crippen molar-refractivity contribution < 1.29 is 24.2 Å². The number of fused-ring (bicyclic) bond motifs is 1. The van der Waals surface area contributed by atoms with Crippen molar-refractivity contribution in [1.82, 2.24) is 10.3 Å². The molecule has 0 amide bonds. The number of nitrogens with zero attached hydrogens (tertiary/aromatic N) is 1. The van der Waals surface area contributed by atoms with Gasteiger partial charge in [0, 0.05) is 36.0 Å². The van der Waals surface area contributed by atoms with Gasteiger partial charge in [-0.2, -0.15) is 0 Å². The van der Waals surface area contributed by atoms with Crippen LogP contribution in [0.1, 0.15) is 34.5 Å². The minimum atomic E-state index is -1.39. The number of carboxylic acid groups (broad SMARTS) is 1. The summed E-state index contributed by atoms with van der Waals surface area (Å²) in [6.07, 6.45) is 1.26. The zero-order valence-corrected chi connectivity index (χ0v) is 16.0. The summed E-state index contributed by atoms with van der Waals surface area (Å²) in [5.74, 6) is -0.213. The van der Waals surface area contributed by atoms with Crippen molar-refractivity contribution in [3.63, 3.8) is 0 Å². The molecule has 146 valence electrons. The summed E-state index contributed by atoms with van der Waals surface area (Å²) in [5, 5.41) is 11.8. The molecule has 28 heavy (non-hydrogen) atoms. The van der Waals surface area contributed by atoms with E-state index in [0.717, 1.165) is 22.9 Å². The lowest BCUT2D eigenvalue weighted by molar-refractivity contribution is -0.125. The minimum Gasteiger partial charge on any atom is -0.450 e. The number of rotatable bonds is 6. The van der Waals surface area contributed by atoms with Crippen LogP contribution in [-0.4, -0.2) is 39.1 Å². The maximum atomic E-state index is 13.0. The smallest absolute Gasteiger partial charge is 0.450 e. The van der Waals surface area contributed by atoms with Gasteiger partial charge in [0.2, 0.25) is 5.12 Å². The molecule has 0 saturated heterocycles. The molecule has 0 aliphatic carbocycles. The van der Waals surface area contributed by atoms with Crippen LogP contribution in [0.15, 0.2) is 48.8 Å². The molecule has 1 aromatic carbocycles. The van der Waals surface area contributed by atoms with Gasteiger partial charge in [0.05, 0.1) is 6.04 Å². The summed E-state index contributed by atoms with van der Waals surface area (Å²) >= 11 is 1.07. The molecule has 1 aliphatic heterocycles. The average molecular weight is 400 g/mol. The normalized spacial score (nSPS) is 19.3. The summed E-state index contributed by atoms with van der Waals surface area (Å²) in [6.45, 7) is 1.76. The number of benzene rings is 1. The molecular weight excluding hydrogens is 380 g/mol. The number of Topliss-reactive ketones (excluding diaryl/α,β-unsaturated/α-hetero) is 1. The van der Waals surface area contributed by atoms with E-state index in [4.69, 9.17) is 9.84 Å². The topological polar surface area (TPSA) is 106 Å². The van der Waals surface area contributed by atoms with Crippen molar-refractivity contribution in [2.75, 3.05) is 5.75 Å². The van der Waals surface area contributed by atoms with Crippen LogP contribution in [0, 0.1) is 5.92 Å². The van der Waals surface area contributed by atoms with Crippen molar-refractivity contribution in [2.45, 2.75) is 25.6 Å². The van der Waals surface area contributed by atoms with Crippen LogP contribution in [0.3, 0.4) is 0 Å². The Morgan fingerprint density at radius 1 is 1.29 bits per heavy atom. The van der Waals surface area contributed by atoms with Crippen molar-refractivity contribution in [3.8, 4) is 0 Å². The van der Waals surface area contributed by atoms with E-state index in [2.05, 4.69) is 10.3 Å². The average Bonchev–Trinajstić information content (AvgIpc) is 2.70. The van der Waals surface area contributed by atoms with Crippen LogP contribution in [0.4, 0.5) is 4.79 Å². The summed E-state index contributed by atoms with van der Waals surface area (Å²) in [4.78, 5) is 40.1. The largest absolute Gasteiger partial charge is 0.507 e. The Morgan fingerprint density at radius 2 is 2.07 bits per heavy atom. The predicted octanol–water partition coefficient (Wildman–Crippen LogP) is 3.07. The fourth-order valence-electron chi connectivity index (χ4n) is 3.10. The molecule has 8 heteroatoms. The molecule has 2 N–H and O–H groups in total. The molecule has 0 fully saturated rings. The third kappa shape index (κ3) is 4.76. The van der Waals surface area contributed by atoms with E-state index >= 15 is 0 Å². The SMILES string of the molecule is CC(CSC(=O)c1cccnc1)C(=O)C1NC(OC(=O)O)Cc2ccccc21. The van der Waals surface area contributed by atoms with Crippen LogP contribution in [-0.2, 0) is 16.0 Å². The van der Waals surface area contributed by atoms with Gasteiger partial charge in [-0.25, -0.2) is 4.79 Å². The van der Waals surface area contributed by atoms with E-state index in [0.29, 0.717) is 17.7 Å². The summed E-state index contributed by atoms with van der Waals surface area (Å²) < 4.78 is 4.85. The van der Waals surface area contributed by atoms with E-state index in [1.165, 1.54) is 6.20 Å². The number of pyridine rings is 1. The Hall–Kier alpha value is -2.71. The summed E-state index contributed by atoms with van der Waals surface area (Å²) in [7, 11) is 0. The lowest BCUT2D eigenvalue weighted by atomic mass is 9.87. The highest BCUT2D eigenvalue weighted by Gasteiger charge is 2.34. The van der Waals surface area contributed by atoms with Gasteiger partial charge in [-0.15, -0.1) is 0 Å². The Kier molecular flexibility index (Phi) is 6.43. The molecule has 0 bridgehead atoms. The van der Waals surface area contributed by atoms with E-state index in [1.54, 1.807) is 25.3 Å². The maximum Gasteiger partial charge on any atom is 0.507 e. The second-order valence-electron chi connectivity index (χ2n) is 6.52. The van der Waals surface area contributed by atoms with Crippen LogP contribution in [0.25, 0.3) is 0 Å². The first-order chi connectivity index (χ1) is 13.5. The van der Waals surface area contributed by atoms with Crippen molar-refractivity contribution in [2.24, 2.45) is 5.92 Å². The quantitative estimate of drug-likeness (QED) is 0.713. The number of ether oxygens (including phenoxy) is 1. The van der Waals surface area contributed by atoms with Crippen molar-refractivity contribution >= 4 is 28.8 Å². The summed E-state index contributed by atoms with van der Waals surface area (Å²) in [5.41, 5.74) is 2.17. The third-order valence-electron chi connectivity index (χ3n) is 4.50. The molecule has 1 aromatic heterocycles. The Labute approximate surface area is 166 Å². The van der Waals surface area contributed by atoms with Crippen LogP contribution in [0.5, 0.6) is 0 Å². The standard InChI is InChI=1S/C20H20N2O5S/c1-12(11-28-19(24)14-6-4-8-21-10-14)18(23)17-15-7-3-2-5-13(15)9-16(22-17)27-20(25)26/h2-8,10,12,16-17,22H,9,11H2,1H3,(H,25,26). The van der Waals surface area contributed by atoms with Gasteiger partial charge in [0.1, 0.15) is 0 Å². The number of ketones is 1. The van der Waals surface area contributed by atoms with Crippen LogP contribution < -0.4 is 5.32 Å². The second kappa shape index (κ2) is 8.99. The maximum absolute atomic E-state index is 13.0. The number of hydrogen-bond acceptors (Lipinski definition) is 7. The first kappa shape index (κ1) is 20.0. The zero-order chi connectivity index (χ0) is 20.1. The second-order valence-corrected chi connectivity index (χ2v) is 7.51. The fourth-order valence-corrected chi connectivity index (χ4v) is 3.96. The van der Waals surface area contributed by atoms with Gasteiger partial charge in [-0.3, -0.25) is 19.9 Å². The lowest BCUT2D eigenvalue weighted by Gasteiger charge is -2.32. The van der Waals surface area contributed by atoms with Gasteiger partial charge >= 0.3 is 6.16 Å². The molecule has 2 aromatic rings. The highest BCUT2D eigenvalue weighted by molar-refractivity contribution is 8.14. The van der Waals surface area contributed by atoms with Gasteiger partial charge in [-0.1, -0.05) is 43.0 Å². The monoisotopic (exact) mass is 400 g/mol. The Bertz CT molecular complexity index is 874. The summed E-state index contributed by atoms with van der Waals surface area (Å²) in [6, 6.07) is 10.1. The number of carbonyl (C=O) groups is 3. The highest BCUT2D eigenvalue weighted by atomic mass is 32.2. The predicted molar refractivity (Wildman–Crippen MR) is 104 cm³/mol. The molecule has 3 rings (SSSR count). The molecule has 7 nitrogen and oxygen atoms in total.